The van der Waals surface area contributed by atoms with Gasteiger partial charge in [-0.2, -0.15) is 0 Å². The van der Waals surface area contributed by atoms with Crippen LogP contribution in [0.25, 0.3) is 0 Å². The van der Waals surface area contributed by atoms with Gasteiger partial charge in [-0.1, -0.05) is 0 Å². The maximum atomic E-state index is 10.3. The SMILES string of the molecule is CC(O)(P(=O)(O)O)P(=O)(O)O.[NaH].[NaH].[NaH].[NaH]. The molecule has 0 spiro atoms. The monoisotopic (exact) mass is 302 g/mol. The molecule has 0 amide bonds. The molecule has 0 unspecified atom stereocenters. The zero-order chi connectivity index (χ0) is 9.50. The van der Waals surface area contributed by atoms with Gasteiger partial charge in [0.25, 0.3) is 5.08 Å². The van der Waals surface area contributed by atoms with Crippen LogP contribution in [0, 0.1) is 0 Å². The van der Waals surface area contributed by atoms with Gasteiger partial charge in [-0.3, -0.25) is 9.13 Å². The van der Waals surface area contributed by atoms with Gasteiger partial charge in [0.1, 0.15) is 0 Å². The van der Waals surface area contributed by atoms with Gasteiger partial charge in [0, 0.05) is 0 Å². The summed E-state index contributed by atoms with van der Waals surface area (Å²) in [5, 5.41) is 5.37. The molecule has 0 heterocycles. The molecule has 7 nitrogen and oxygen atoms in total. The normalized spacial score (nSPS) is 11.1. The topological polar surface area (TPSA) is 135 Å². The minimum atomic E-state index is -5.20. The van der Waals surface area contributed by atoms with Gasteiger partial charge in [0.15, 0.2) is 0 Å². The molecule has 13 heteroatoms. The Kier molecular flexibility index (Phi) is 23.1. The average Bonchev–Trinajstić information content (AvgIpc) is 1.58. The van der Waals surface area contributed by atoms with Gasteiger partial charge < -0.3 is 24.7 Å². The van der Waals surface area contributed by atoms with E-state index in [-0.39, 0.29) is 118 Å². The van der Waals surface area contributed by atoms with E-state index in [1.807, 2.05) is 0 Å². The van der Waals surface area contributed by atoms with Crippen molar-refractivity contribution in [3.05, 3.63) is 0 Å². The van der Waals surface area contributed by atoms with Gasteiger partial charge >= 0.3 is 133 Å². The molecule has 0 fully saturated rings. The van der Waals surface area contributed by atoms with Crippen LogP contribution in [0.15, 0.2) is 0 Å². The Balaban J connectivity index is -0.0000000833. The Morgan fingerprint density at radius 3 is 0.933 bits per heavy atom. The van der Waals surface area contributed by atoms with Gasteiger partial charge in [0.05, 0.1) is 0 Å². The summed E-state index contributed by atoms with van der Waals surface area (Å²) in [7, 11) is -10.4. The van der Waals surface area contributed by atoms with Crippen molar-refractivity contribution in [1.29, 1.82) is 0 Å². The first kappa shape index (κ1) is 31.6. The summed E-state index contributed by atoms with van der Waals surface area (Å²) in [5.41, 5.74) is 0. The zero-order valence-electron chi connectivity index (χ0n) is 5.45. The van der Waals surface area contributed by atoms with Crippen molar-refractivity contribution in [2.75, 3.05) is 0 Å². The Bertz CT molecular complexity index is 219. The van der Waals surface area contributed by atoms with Crippen LogP contribution in [0.4, 0.5) is 0 Å². The third kappa shape index (κ3) is 9.74. The van der Waals surface area contributed by atoms with Crippen LogP contribution in [0.2, 0.25) is 0 Å². The summed E-state index contributed by atoms with van der Waals surface area (Å²) in [6.45, 7) is 0.383. The molecule has 0 radical (unpaired) electrons. The summed E-state index contributed by atoms with van der Waals surface area (Å²) >= 11 is 0. The van der Waals surface area contributed by atoms with Gasteiger partial charge in [-0.25, -0.2) is 0 Å². The summed E-state index contributed by atoms with van der Waals surface area (Å²) in [4.78, 5) is 33.0. The van der Waals surface area contributed by atoms with Crippen molar-refractivity contribution in [2.24, 2.45) is 0 Å². The zero-order valence-corrected chi connectivity index (χ0v) is 7.24. The molecule has 15 heavy (non-hydrogen) atoms. The molecule has 0 rings (SSSR count). The number of hydrogen-bond acceptors (Lipinski definition) is 3. The second-order valence-electron chi connectivity index (χ2n) is 2.06. The minimum absolute atomic E-state index is 0. The first-order chi connectivity index (χ1) is 4.50. The summed E-state index contributed by atoms with van der Waals surface area (Å²) < 4.78 is 20.5. The molecule has 5 N–H and O–H groups in total. The van der Waals surface area contributed by atoms with E-state index in [1.54, 1.807) is 0 Å². The van der Waals surface area contributed by atoms with E-state index < -0.39 is 20.3 Å². The van der Waals surface area contributed by atoms with Crippen molar-refractivity contribution in [2.45, 2.75) is 12.0 Å². The number of rotatable bonds is 2. The fourth-order valence-corrected chi connectivity index (χ4v) is 1.53. The Morgan fingerprint density at radius 2 is 0.933 bits per heavy atom. The van der Waals surface area contributed by atoms with Crippen LogP contribution >= 0.6 is 15.2 Å². The van der Waals surface area contributed by atoms with Gasteiger partial charge in [-0.05, 0) is 6.92 Å². The third-order valence-corrected chi connectivity index (χ3v) is 4.87. The molecule has 76 valence electrons. The summed E-state index contributed by atoms with van der Waals surface area (Å²) in [6.07, 6.45) is 0. The van der Waals surface area contributed by atoms with E-state index in [0.717, 1.165) is 0 Å². The molecule has 0 aliphatic rings. The quantitative estimate of drug-likeness (QED) is 0.263. The fourth-order valence-electron chi connectivity index (χ4n) is 0.170. The van der Waals surface area contributed by atoms with E-state index >= 15 is 0 Å². The first-order valence-electron chi connectivity index (χ1n) is 2.34. The molecule has 0 atom stereocenters. The molecular formula is C2H12Na4O7P2. The van der Waals surface area contributed by atoms with Crippen LogP contribution in [0.5, 0.6) is 0 Å². The first-order valence-corrected chi connectivity index (χ1v) is 5.56. The van der Waals surface area contributed by atoms with Crippen LogP contribution < -0.4 is 0 Å². The fraction of sp³-hybridized carbons (Fsp3) is 1.00. The molecule has 0 bridgehead atoms. The molecule has 0 saturated heterocycles. The van der Waals surface area contributed by atoms with E-state index in [1.165, 1.54) is 0 Å². The Labute approximate surface area is 176 Å². The molecule has 0 saturated carbocycles. The second kappa shape index (κ2) is 11.0. The second-order valence-corrected chi connectivity index (χ2v) is 6.33. The number of hydrogen-bond donors (Lipinski definition) is 5. The Hall–Kier alpha value is 4.26. The summed E-state index contributed by atoms with van der Waals surface area (Å²) in [6, 6.07) is 0. The molecular weight excluding hydrogens is 290 g/mol. The predicted octanol–water partition coefficient (Wildman–Crippen LogP) is -3.59. The van der Waals surface area contributed by atoms with E-state index in [2.05, 4.69) is 0 Å². The number of aliphatic hydroxyl groups is 1. The van der Waals surface area contributed by atoms with Gasteiger partial charge in [0.2, 0.25) is 0 Å². The Morgan fingerprint density at radius 1 is 0.800 bits per heavy atom. The van der Waals surface area contributed by atoms with E-state index in [9.17, 15) is 9.13 Å². The third-order valence-electron chi connectivity index (χ3n) is 1.10. The van der Waals surface area contributed by atoms with Gasteiger partial charge in [-0.15, -0.1) is 0 Å². The summed E-state index contributed by atoms with van der Waals surface area (Å²) in [5.74, 6) is 0. The average molecular weight is 302 g/mol. The van der Waals surface area contributed by atoms with Crippen molar-refractivity contribution >= 4 is 133 Å². The van der Waals surface area contributed by atoms with Crippen LogP contribution in [0.3, 0.4) is 0 Å². The van der Waals surface area contributed by atoms with Crippen LogP contribution in [0.1, 0.15) is 6.92 Å². The van der Waals surface area contributed by atoms with Crippen molar-refractivity contribution in [1.82, 2.24) is 0 Å². The van der Waals surface area contributed by atoms with Crippen molar-refractivity contribution < 1.29 is 33.8 Å². The van der Waals surface area contributed by atoms with Crippen LogP contribution in [-0.4, -0.2) is 148 Å². The molecule has 0 aromatic rings. The van der Waals surface area contributed by atoms with Crippen LogP contribution in [-0.2, 0) is 9.13 Å². The molecule has 0 aliphatic heterocycles. The van der Waals surface area contributed by atoms with E-state index in [0.29, 0.717) is 6.92 Å². The molecule has 0 aromatic heterocycles. The van der Waals surface area contributed by atoms with E-state index in [4.69, 9.17) is 24.7 Å². The molecule has 0 aromatic carbocycles. The maximum absolute atomic E-state index is 10.3. The standard InChI is InChI=1S/C2H8O7P2.4Na.4H/c1-2(3,10(4,5)6)11(7,8)9;;;;;;;;/h3H,1H3,(H2,4,5,6)(H2,7,8,9);;;;;;;;. The van der Waals surface area contributed by atoms with Crippen molar-refractivity contribution in [3.63, 3.8) is 0 Å². The predicted molar refractivity (Wildman–Crippen MR) is 63.3 cm³/mol. The molecule has 0 aliphatic carbocycles. The van der Waals surface area contributed by atoms with Crippen molar-refractivity contribution in [3.8, 4) is 0 Å².